The molecule has 0 aromatic rings. The standard InChI is InChI=1S/C7H14N2O3/c1-8-7(11)9-4-6(5-9)12-3-2-10/h6,10H,2-5H2,1H3,(H,8,11). The molecule has 70 valence electrons. The van der Waals surface area contributed by atoms with Crippen LogP contribution in [-0.2, 0) is 4.74 Å². The second kappa shape index (κ2) is 4.27. The quantitative estimate of drug-likeness (QED) is 0.578. The lowest BCUT2D eigenvalue weighted by Crippen LogP contribution is -2.57. The maximum Gasteiger partial charge on any atom is 0.317 e. The Labute approximate surface area is 71.3 Å². The molecule has 2 amide bonds. The lowest BCUT2D eigenvalue weighted by molar-refractivity contribution is -0.0457. The van der Waals surface area contributed by atoms with E-state index in [0.29, 0.717) is 19.7 Å². The second-order valence-corrected chi connectivity index (χ2v) is 2.68. The van der Waals surface area contributed by atoms with Crippen molar-refractivity contribution in [3.8, 4) is 0 Å². The summed E-state index contributed by atoms with van der Waals surface area (Å²) >= 11 is 0. The molecule has 0 saturated carbocycles. The van der Waals surface area contributed by atoms with Gasteiger partial charge in [-0.05, 0) is 0 Å². The van der Waals surface area contributed by atoms with Gasteiger partial charge in [-0.1, -0.05) is 0 Å². The molecule has 2 N–H and O–H groups in total. The number of aliphatic hydroxyl groups excluding tert-OH is 1. The van der Waals surface area contributed by atoms with Gasteiger partial charge in [0, 0.05) is 7.05 Å². The van der Waals surface area contributed by atoms with E-state index in [1.807, 2.05) is 0 Å². The third kappa shape index (κ3) is 2.09. The van der Waals surface area contributed by atoms with Crippen molar-refractivity contribution < 1.29 is 14.6 Å². The average Bonchev–Trinajstić information content (AvgIpc) is 2.01. The molecule has 5 nitrogen and oxygen atoms in total. The van der Waals surface area contributed by atoms with Crippen LogP contribution in [0.4, 0.5) is 4.79 Å². The number of aliphatic hydroxyl groups is 1. The molecule has 1 aliphatic rings. The van der Waals surface area contributed by atoms with Gasteiger partial charge < -0.3 is 20.1 Å². The van der Waals surface area contributed by atoms with Crippen molar-refractivity contribution in [1.82, 2.24) is 10.2 Å². The first-order valence-electron chi connectivity index (χ1n) is 3.97. The van der Waals surface area contributed by atoms with E-state index in [0.717, 1.165) is 0 Å². The van der Waals surface area contributed by atoms with Crippen LogP contribution >= 0.6 is 0 Å². The lowest BCUT2D eigenvalue weighted by atomic mass is 10.2. The van der Waals surface area contributed by atoms with Gasteiger partial charge in [-0.25, -0.2) is 4.79 Å². The SMILES string of the molecule is CNC(=O)N1CC(OCCO)C1. The second-order valence-electron chi connectivity index (χ2n) is 2.68. The first-order valence-corrected chi connectivity index (χ1v) is 3.97. The number of hydrogen-bond donors (Lipinski definition) is 2. The van der Waals surface area contributed by atoms with Crippen LogP contribution in [0.25, 0.3) is 0 Å². The molecular formula is C7H14N2O3. The summed E-state index contributed by atoms with van der Waals surface area (Å²) < 4.78 is 5.18. The molecule has 5 heteroatoms. The molecule has 1 aliphatic heterocycles. The Kier molecular flexibility index (Phi) is 3.31. The summed E-state index contributed by atoms with van der Waals surface area (Å²) in [5, 5.41) is 11.0. The van der Waals surface area contributed by atoms with E-state index in [1.54, 1.807) is 11.9 Å². The fourth-order valence-electron chi connectivity index (χ4n) is 1.09. The number of nitrogens with one attached hydrogen (secondary N) is 1. The van der Waals surface area contributed by atoms with Crippen molar-refractivity contribution in [2.45, 2.75) is 6.10 Å². The van der Waals surface area contributed by atoms with Crippen molar-refractivity contribution in [3.63, 3.8) is 0 Å². The highest BCUT2D eigenvalue weighted by molar-refractivity contribution is 5.74. The molecule has 0 radical (unpaired) electrons. The van der Waals surface area contributed by atoms with Crippen molar-refractivity contribution in [2.24, 2.45) is 0 Å². The van der Waals surface area contributed by atoms with Crippen molar-refractivity contribution in [2.75, 3.05) is 33.4 Å². The summed E-state index contributed by atoms with van der Waals surface area (Å²) in [6.07, 6.45) is 0.106. The van der Waals surface area contributed by atoms with E-state index in [4.69, 9.17) is 9.84 Å². The first kappa shape index (κ1) is 9.28. The van der Waals surface area contributed by atoms with Gasteiger partial charge in [-0.2, -0.15) is 0 Å². The fourth-order valence-corrected chi connectivity index (χ4v) is 1.09. The van der Waals surface area contributed by atoms with Gasteiger partial charge >= 0.3 is 6.03 Å². The Morgan fingerprint density at radius 2 is 2.42 bits per heavy atom. The Bertz CT molecular complexity index is 157. The summed E-state index contributed by atoms with van der Waals surface area (Å²) in [7, 11) is 1.60. The topological polar surface area (TPSA) is 61.8 Å². The highest BCUT2D eigenvalue weighted by Crippen LogP contribution is 2.10. The predicted molar refractivity (Wildman–Crippen MR) is 42.9 cm³/mol. The van der Waals surface area contributed by atoms with Gasteiger partial charge in [0.2, 0.25) is 0 Å². The third-order valence-electron chi connectivity index (χ3n) is 1.79. The van der Waals surface area contributed by atoms with Crippen LogP contribution in [0, 0.1) is 0 Å². The summed E-state index contributed by atoms with van der Waals surface area (Å²) in [5.41, 5.74) is 0. The average molecular weight is 174 g/mol. The molecule has 0 bridgehead atoms. The monoisotopic (exact) mass is 174 g/mol. The zero-order chi connectivity index (χ0) is 8.97. The Balaban J connectivity index is 2.07. The smallest absolute Gasteiger partial charge is 0.317 e. The number of ether oxygens (including phenoxy) is 1. The molecule has 0 unspecified atom stereocenters. The van der Waals surface area contributed by atoms with E-state index < -0.39 is 0 Å². The third-order valence-corrected chi connectivity index (χ3v) is 1.79. The minimum Gasteiger partial charge on any atom is -0.394 e. The number of carbonyl (C=O) groups excluding carboxylic acids is 1. The van der Waals surface area contributed by atoms with Crippen molar-refractivity contribution in [1.29, 1.82) is 0 Å². The highest BCUT2D eigenvalue weighted by Gasteiger charge is 2.30. The molecule has 12 heavy (non-hydrogen) atoms. The van der Waals surface area contributed by atoms with Crippen LogP contribution in [0.2, 0.25) is 0 Å². The molecule has 0 aromatic carbocycles. The van der Waals surface area contributed by atoms with Crippen LogP contribution in [-0.4, -0.2) is 55.5 Å². The van der Waals surface area contributed by atoms with E-state index in [1.165, 1.54) is 0 Å². The zero-order valence-electron chi connectivity index (χ0n) is 7.12. The van der Waals surface area contributed by atoms with Crippen molar-refractivity contribution in [3.05, 3.63) is 0 Å². The van der Waals surface area contributed by atoms with Crippen LogP contribution in [0.5, 0.6) is 0 Å². The van der Waals surface area contributed by atoms with E-state index >= 15 is 0 Å². The highest BCUT2D eigenvalue weighted by atomic mass is 16.5. The number of likely N-dealkylation sites (tertiary alicyclic amines) is 1. The van der Waals surface area contributed by atoms with Crippen LogP contribution < -0.4 is 5.32 Å². The van der Waals surface area contributed by atoms with Gasteiger partial charge in [0.05, 0.1) is 32.4 Å². The molecule has 0 aliphatic carbocycles. The van der Waals surface area contributed by atoms with Gasteiger partial charge in [0.1, 0.15) is 0 Å². The summed E-state index contributed by atoms with van der Waals surface area (Å²) in [4.78, 5) is 12.6. The maximum atomic E-state index is 10.9. The predicted octanol–water partition coefficient (Wildman–Crippen LogP) is -0.981. The Morgan fingerprint density at radius 1 is 1.75 bits per heavy atom. The molecule has 0 spiro atoms. The van der Waals surface area contributed by atoms with E-state index in [-0.39, 0.29) is 18.7 Å². The molecule has 1 heterocycles. The Morgan fingerprint density at radius 3 is 2.92 bits per heavy atom. The fraction of sp³-hybridized carbons (Fsp3) is 0.857. The maximum absolute atomic E-state index is 10.9. The number of nitrogens with zero attached hydrogens (tertiary/aromatic N) is 1. The molecule has 0 aromatic heterocycles. The zero-order valence-corrected chi connectivity index (χ0v) is 7.12. The Hall–Kier alpha value is -0.810. The molecule has 1 rings (SSSR count). The van der Waals surface area contributed by atoms with Gasteiger partial charge in [0.25, 0.3) is 0 Å². The van der Waals surface area contributed by atoms with Crippen LogP contribution in [0.15, 0.2) is 0 Å². The first-order chi connectivity index (χ1) is 5.77. The minimum atomic E-state index is -0.0705. The summed E-state index contributed by atoms with van der Waals surface area (Å²) in [6.45, 7) is 1.64. The van der Waals surface area contributed by atoms with Gasteiger partial charge in [-0.15, -0.1) is 0 Å². The minimum absolute atomic E-state index is 0.0382. The molecule has 1 fully saturated rings. The summed E-state index contributed by atoms with van der Waals surface area (Å²) in [5.74, 6) is 0. The largest absolute Gasteiger partial charge is 0.394 e. The van der Waals surface area contributed by atoms with Gasteiger partial charge in [-0.3, -0.25) is 0 Å². The number of hydrogen-bond acceptors (Lipinski definition) is 3. The van der Waals surface area contributed by atoms with Crippen molar-refractivity contribution >= 4 is 6.03 Å². The number of amides is 2. The lowest BCUT2D eigenvalue weighted by Gasteiger charge is -2.38. The molecular weight excluding hydrogens is 160 g/mol. The number of urea groups is 1. The molecule has 1 saturated heterocycles. The van der Waals surface area contributed by atoms with Gasteiger partial charge in [0.15, 0.2) is 0 Å². The van der Waals surface area contributed by atoms with Crippen LogP contribution in [0.1, 0.15) is 0 Å². The van der Waals surface area contributed by atoms with E-state index in [9.17, 15) is 4.79 Å². The number of rotatable bonds is 3. The van der Waals surface area contributed by atoms with Crippen LogP contribution in [0.3, 0.4) is 0 Å². The summed E-state index contributed by atoms with van der Waals surface area (Å²) in [6, 6.07) is -0.0705. The van der Waals surface area contributed by atoms with E-state index in [2.05, 4.69) is 5.32 Å². The molecule has 0 atom stereocenters. The number of carbonyl (C=O) groups is 1. The normalized spacial score (nSPS) is 17.3.